The number of aromatic amines is 1. The van der Waals surface area contributed by atoms with Crippen molar-refractivity contribution in [3.8, 4) is 0 Å². The molecule has 0 aliphatic carbocycles. The van der Waals surface area contributed by atoms with Crippen LogP contribution in [0.25, 0.3) is 0 Å². The Morgan fingerprint density at radius 3 is 2.70 bits per heavy atom. The van der Waals surface area contributed by atoms with E-state index in [1.54, 1.807) is 0 Å². The molecule has 0 spiro atoms. The molecule has 6 N–H and O–H groups in total. The average molecular weight is 380 g/mol. The number of nitrogens with one attached hydrogen (secondary N) is 2. The van der Waals surface area contributed by atoms with Crippen LogP contribution >= 0.6 is 0 Å². The third-order valence-electron chi connectivity index (χ3n) is 3.76. The van der Waals surface area contributed by atoms with Crippen molar-refractivity contribution in [2.75, 3.05) is 19.7 Å². The van der Waals surface area contributed by atoms with Gasteiger partial charge >= 0.3 is 0 Å². The molecule has 0 saturated carbocycles. The number of carbonyl (C=O) groups is 2. The zero-order valence-corrected chi connectivity index (χ0v) is 16.3. The molecule has 0 bridgehead atoms. The van der Waals surface area contributed by atoms with E-state index in [0.29, 0.717) is 31.8 Å². The fourth-order valence-electron chi connectivity index (χ4n) is 2.33. The minimum Gasteiger partial charge on any atom is -0.379 e. The number of imidazole rings is 1. The summed E-state index contributed by atoms with van der Waals surface area (Å²) in [5.74, 6) is -0.131. The zero-order valence-electron chi connectivity index (χ0n) is 16.3. The lowest BCUT2D eigenvalue weighted by atomic mass is 10.1. The van der Waals surface area contributed by atoms with E-state index in [2.05, 4.69) is 20.3 Å². The van der Waals surface area contributed by atoms with Crippen LogP contribution in [-0.4, -0.2) is 53.4 Å². The lowest BCUT2D eigenvalue weighted by Gasteiger charge is -2.07. The Bertz CT molecular complexity index is 608. The minimum atomic E-state index is -0.309. The number of hydrogen-bond acceptors (Lipinski definition) is 5. The summed E-state index contributed by atoms with van der Waals surface area (Å²) in [6.45, 7) is 5.77. The van der Waals surface area contributed by atoms with Gasteiger partial charge in [-0.15, -0.1) is 0 Å². The lowest BCUT2D eigenvalue weighted by Crippen LogP contribution is -2.25. The molecule has 1 aromatic heterocycles. The van der Waals surface area contributed by atoms with Crippen LogP contribution in [0.1, 0.15) is 73.5 Å². The number of hydrogen-bond donors (Lipinski definition) is 4. The molecule has 0 aliphatic heterocycles. The van der Waals surface area contributed by atoms with Crippen LogP contribution in [0.15, 0.2) is 11.2 Å². The number of Topliss-reactive ketones (excluding diaryl/α,β-unsaturated/α-hetero) is 1. The summed E-state index contributed by atoms with van der Waals surface area (Å²) < 4.78 is 5.44. The van der Waals surface area contributed by atoms with Gasteiger partial charge in [0.1, 0.15) is 5.69 Å². The fraction of sp³-hybridized carbons (Fsp3) is 0.667. The first-order chi connectivity index (χ1) is 12.9. The molecule has 1 aromatic rings. The Kier molecular flexibility index (Phi) is 10.8. The molecule has 152 valence electrons. The topological polar surface area (TPSA) is 148 Å². The molecule has 0 aromatic carbocycles. The fourth-order valence-corrected chi connectivity index (χ4v) is 2.33. The first kappa shape index (κ1) is 22.6. The van der Waals surface area contributed by atoms with Crippen LogP contribution in [0.2, 0.25) is 0 Å². The van der Waals surface area contributed by atoms with E-state index >= 15 is 0 Å². The van der Waals surface area contributed by atoms with Crippen molar-refractivity contribution in [3.05, 3.63) is 17.7 Å². The minimum absolute atomic E-state index is 0.0609. The lowest BCUT2D eigenvalue weighted by molar-refractivity contribution is 0.0754. The number of ketones is 1. The largest absolute Gasteiger partial charge is 0.379 e. The monoisotopic (exact) mass is 380 g/mol. The number of unbranched alkanes of at least 4 members (excludes halogenated alkanes) is 3. The van der Waals surface area contributed by atoms with Gasteiger partial charge < -0.3 is 26.5 Å². The molecule has 1 amide bonds. The number of carbonyl (C=O) groups excluding carboxylic acids is 2. The van der Waals surface area contributed by atoms with Crippen molar-refractivity contribution in [2.45, 2.75) is 58.5 Å². The highest BCUT2D eigenvalue weighted by atomic mass is 16.5. The molecule has 0 fully saturated rings. The van der Waals surface area contributed by atoms with E-state index < -0.39 is 0 Å². The summed E-state index contributed by atoms with van der Waals surface area (Å²) in [5.41, 5.74) is 10.8. The number of aromatic nitrogens is 2. The van der Waals surface area contributed by atoms with Crippen molar-refractivity contribution < 1.29 is 14.3 Å². The van der Waals surface area contributed by atoms with Gasteiger partial charge in [0.2, 0.25) is 0 Å². The standard InChI is InChI=1S/C18H32N6O3/c1-13(2)27-11-7-6-9-21-17(26)16-23-12-14(24-16)15(25)8-4-3-5-10-22-18(19)20/h12-13H,3-11H2,1-2H3,(H,21,26)(H,23,24)(H4,19,20,22). The summed E-state index contributed by atoms with van der Waals surface area (Å²) in [6.07, 6.45) is 6.13. The molecule has 1 heterocycles. The van der Waals surface area contributed by atoms with Crippen molar-refractivity contribution in [2.24, 2.45) is 16.5 Å². The Morgan fingerprint density at radius 1 is 1.22 bits per heavy atom. The number of guanidine groups is 1. The SMILES string of the molecule is CC(C)OCCCCNC(=O)c1ncc(C(=O)CCCCCN=C(N)N)[nH]1. The quantitative estimate of drug-likeness (QED) is 0.166. The normalized spacial score (nSPS) is 10.8. The highest BCUT2D eigenvalue weighted by Gasteiger charge is 2.13. The molecule has 0 unspecified atom stereocenters. The number of nitrogens with two attached hydrogens (primary N) is 2. The second-order valence-corrected chi connectivity index (χ2v) is 6.57. The molecule has 1 rings (SSSR count). The summed E-state index contributed by atoms with van der Waals surface area (Å²) >= 11 is 0. The van der Waals surface area contributed by atoms with Crippen molar-refractivity contribution in [1.82, 2.24) is 15.3 Å². The molecule has 27 heavy (non-hydrogen) atoms. The van der Waals surface area contributed by atoms with E-state index in [9.17, 15) is 9.59 Å². The highest BCUT2D eigenvalue weighted by Crippen LogP contribution is 2.07. The molecule has 0 aliphatic rings. The maximum absolute atomic E-state index is 12.1. The Labute approximate surface area is 160 Å². The number of amides is 1. The number of nitrogens with zero attached hydrogens (tertiary/aromatic N) is 2. The van der Waals surface area contributed by atoms with Gasteiger partial charge in [-0.2, -0.15) is 0 Å². The molecular weight excluding hydrogens is 348 g/mol. The van der Waals surface area contributed by atoms with E-state index in [4.69, 9.17) is 16.2 Å². The van der Waals surface area contributed by atoms with Gasteiger partial charge in [-0.3, -0.25) is 14.6 Å². The molecule has 0 saturated heterocycles. The Morgan fingerprint density at radius 2 is 2.00 bits per heavy atom. The van der Waals surface area contributed by atoms with Crippen LogP contribution < -0.4 is 16.8 Å². The van der Waals surface area contributed by atoms with E-state index in [0.717, 1.165) is 32.1 Å². The maximum Gasteiger partial charge on any atom is 0.287 e. The molecule has 9 nitrogen and oxygen atoms in total. The summed E-state index contributed by atoms with van der Waals surface area (Å²) in [6, 6.07) is 0. The van der Waals surface area contributed by atoms with Crippen molar-refractivity contribution in [1.29, 1.82) is 0 Å². The average Bonchev–Trinajstić information content (AvgIpc) is 3.10. The number of H-pyrrole nitrogens is 1. The second kappa shape index (κ2) is 12.9. The molecular formula is C18H32N6O3. The number of aliphatic imine (C=N–C) groups is 1. The smallest absolute Gasteiger partial charge is 0.287 e. The second-order valence-electron chi connectivity index (χ2n) is 6.57. The predicted molar refractivity (Wildman–Crippen MR) is 105 cm³/mol. The van der Waals surface area contributed by atoms with E-state index in [1.165, 1.54) is 6.20 Å². The van der Waals surface area contributed by atoms with Gasteiger partial charge in [-0.1, -0.05) is 6.42 Å². The van der Waals surface area contributed by atoms with E-state index in [-0.39, 0.29) is 29.6 Å². The van der Waals surface area contributed by atoms with Crippen LogP contribution in [0.4, 0.5) is 0 Å². The highest BCUT2D eigenvalue weighted by molar-refractivity contribution is 5.96. The van der Waals surface area contributed by atoms with Gasteiger partial charge in [-0.25, -0.2) is 4.98 Å². The van der Waals surface area contributed by atoms with Gasteiger partial charge in [0.15, 0.2) is 17.6 Å². The summed E-state index contributed by atoms with van der Waals surface area (Å²) in [4.78, 5) is 34.8. The predicted octanol–water partition coefficient (Wildman–Crippen LogP) is 1.36. The number of ether oxygens (including phenoxy) is 1. The van der Waals surface area contributed by atoms with Gasteiger partial charge in [0, 0.05) is 26.1 Å². The number of rotatable bonds is 14. The zero-order chi connectivity index (χ0) is 20.1. The van der Waals surface area contributed by atoms with Crippen LogP contribution in [0, 0.1) is 0 Å². The van der Waals surface area contributed by atoms with Crippen molar-refractivity contribution in [3.63, 3.8) is 0 Å². The summed E-state index contributed by atoms with van der Waals surface area (Å²) in [5, 5.41) is 2.78. The molecule has 0 atom stereocenters. The molecule has 0 radical (unpaired) electrons. The van der Waals surface area contributed by atoms with E-state index in [1.807, 2.05) is 13.8 Å². The van der Waals surface area contributed by atoms with Crippen LogP contribution in [0.3, 0.4) is 0 Å². The Balaban J connectivity index is 2.23. The van der Waals surface area contributed by atoms with Gasteiger partial charge in [-0.05, 0) is 39.5 Å². The first-order valence-corrected chi connectivity index (χ1v) is 9.43. The first-order valence-electron chi connectivity index (χ1n) is 9.43. The third kappa shape index (κ3) is 10.3. The van der Waals surface area contributed by atoms with Crippen LogP contribution in [0.5, 0.6) is 0 Å². The van der Waals surface area contributed by atoms with Gasteiger partial charge in [0.05, 0.1) is 12.3 Å². The third-order valence-corrected chi connectivity index (χ3v) is 3.76. The Hall–Kier alpha value is -2.42. The maximum atomic E-state index is 12.1. The molecule has 9 heteroatoms. The van der Waals surface area contributed by atoms with Crippen LogP contribution in [-0.2, 0) is 4.74 Å². The van der Waals surface area contributed by atoms with Gasteiger partial charge in [0.25, 0.3) is 5.91 Å². The summed E-state index contributed by atoms with van der Waals surface area (Å²) in [7, 11) is 0. The van der Waals surface area contributed by atoms with Crippen molar-refractivity contribution >= 4 is 17.6 Å².